The van der Waals surface area contributed by atoms with Crippen LogP contribution in [-0.2, 0) is 11.3 Å². The predicted molar refractivity (Wildman–Crippen MR) is 92.2 cm³/mol. The summed E-state index contributed by atoms with van der Waals surface area (Å²) in [7, 11) is 0. The van der Waals surface area contributed by atoms with Crippen molar-refractivity contribution in [1.29, 1.82) is 0 Å². The Labute approximate surface area is 149 Å². The number of ether oxygens (including phenoxy) is 1. The number of rotatable bonds is 6. The molecule has 0 saturated carbocycles. The average molecular weight is 360 g/mol. The molecule has 1 unspecified atom stereocenters. The second-order valence-electron chi connectivity index (χ2n) is 5.93. The van der Waals surface area contributed by atoms with Gasteiger partial charge in [-0.2, -0.15) is 0 Å². The van der Waals surface area contributed by atoms with Gasteiger partial charge >= 0.3 is 0 Å². The lowest BCUT2D eigenvalue weighted by Crippen LogP contribution is -2.20. The molecular weight excluding hydrogens is 342 g/mol. The molecule has 1 aliphatic rings. The van der Waals surface area contributed by atoms with Crippen molar-refractivity contribution in [3.05, 3.63) is 64.7 Å². The Morgan fingerprint density at radius 1 is 1.27 bits per heavy atom. The van der Waals surface area contributed by atoms with E-state index in [4.69, 9.17) is 15.3 Å². The Morgan fingerprint density at radius 3 is 2.65 bits per heavy atom. The van der Waals surface area contributed by atoms with Gasteiger partial charge in [0.25, 0.3) is 5.91 Å². The first-order valence-corrected chi connectivity index (χ1v) is 8.22. The molecule has 1 heterocycles. The van der Waals surface area contributed by atoms with Gasteiger partial charge in [-0.25, -0.2) is 8.78 Å². The first-order valence-electron chi connectivity index (χ1n) is 8.22. The molecule has 1 amide bonds. The number of carbonyl (C=O) groups is 1. The first-order chi connectivity index (χ1) is 12.5. The minimum Gasteiger partial charge on any atom is -0.486 e. The fourth-order valence-corrected chi connectivity index (χ4v) is 2.67. The van der Waals surface area contributed by atoms with E-state index >= 15 is 0 Å². The fraction of sp³-hybridized carbons (Fsp3) is 0.263. The van der Waals surface area contributed by atoms with Crippen LogP contribution < -0.4 is 10.5 Å². The normalized spacial score (nSPS) is 16.1. The number of nitrogens with zero attached hydrogens (tertiary/aromatic N) is 1. The van der Waals surface area contributed by atoms with Crippen LogP contribution in [0.3, 0.4) is 0 Å². The van der Waals surface area contributed by atoms with Crippen molar-refractivity contribution >= 4 is 11.6 Å². The average Bonchev–Trinajstić information content (AvgIpc) is 3.10. The number of hydrogen-bond acceptors (Lipinski definition) is 4. The Morgan fingerprint density at radius 2 is 2.00 bits per heavy atom. The van der Waals surface area contributed by atoms with Gasteiger partial charge in [-0.1, -0.05) is 36.3 Å². The van der Waals surface area contributed by atoms with Gasteiger partial charge in [0.05, 0.1) is 5.71 Å². The third kappa shape index (κ3) is 3.66. The Hall–Kier alpha value is -2.96. The number of primary amides is 1. The zero-order valence-electron chi connectivity index (χ0n) is 14.2. The van der Waals surface area contributed by atoms with E-state index in [0.717, 1.165) is 29.8 Å². The molecule has 136 valence electrons. The molecule has 3 rings (SSSR count). The summed E-state index contributed by atoms with van der Waals surface area (Å²) in [5.74, 6) is -3.60. The maximum absolute atomic E-state index is 14.1. The minimum absolute atomic E-state index is 0.000792. The number of hydrogen-bond donors (Lipinski definition) is 1. The summed E-state index contributed by atoms with van der Waals surface area (Å²) < 4.78 is 33.0. The van der Waals surface area contributed by atoms with E-state index in [1.165, 1.54) is 5.56 Å². The van der Waals surface area contributed by atoms with Crippen LogP contribution in [0.15, 0.2) is 41.6 Å². The highest BCUT2D eigenvalue weighted by atomic mass is 19.1. The lowest BCUT2D eigenvalue weighted by atomic mass is 10.0. The zero-order valence-corrected chi connectivity index (χ0v) is 14.2. The molecule has 0 saturated heterocycles. The van der Waals surface area contributed by atoms with Gasteiger partial charge in [0, 0.05) is 6.42 Å². The number of aryl methyl sites for hydroxylation is 1. The molecule has 0 fully saturated rings. The molecule has 0 spiro atoms. The molecule has 0 radical (unpaired) electrons. The third-order valence-electron chi connectivity index (χ3n) is 4.16. The third-order valence-corrected chi connectivity index (χ3v) is 4.16. The summed E-state index contributed by atoms with van der Waals surface area (Å²) in [4.78, 5) is 16.5. The highest BCUT2D eigenvalue weighted by Gasteiger charge is 2.25. The summed E-state index contributed by atoms with van der Waals surface area (Å²) >= 11 is 0. The number of halogens is 2. The van der Waals surface area contributed by atoms with Crippen LogP contribution in [0.2, 0.25) is 0 Å². The molecular formula is C19H18F2N2O3. The van der Waals surface area contributed by atoms with Crippen molar-refractivity contribution in [2.24, 2.45) is 10.9 Å². The number of benzene rings is 2. The molecule has 0 aliphatic carbocycles. The van der Waals surface area contributed by atoms with Gasteiger partial charge < -0.3 is 15.3 Å². The second kappa shape index (κ2) is 7.51. The highest BCUT2D eigenvalue weighted by molar-refractivity contribution is 6.01. The summed E-state index contributed by atoms with van der Waals surface area (Å²) in [6, 6.07) is 10.1. The predicted octanol–water partition coefficient (Wildman–Crippen LogP) is 3.20. The topological polar surface area (TPSA) is 73.9 Å². The van der Waals surface area contributed by atoms with Crippen molar-refractivity contribution < 1.29 is 23.1 Å². The Kier molecular flexibility index (Phi) is 5.16. The van der Waals surface area contributed by atoms with E-state index in [1.54, 1.807) is 0 Å². The van der Waals surface area contributed by atoms with Crippen LogP contribution in [0.5, 0.6) is 5.75 Å². The molecule has 0 aromatic heterocycles. The standard InChI is InChI=1S/C19H18F2N2O3/c1-2-11-3-5-12(6-4-11)15-9-13(26-23-15)10-25-16-8-7-14(20)17(18(16)21)19(22)24/h3-8,13H,2,9-10H2,1H3,(H2,22,24). The van der Waals surface area contributed by atoms with Crippen molar-refractivity contribution in [3.63, 3.8) is 0 Å². The summed E-state index contributed by atoms with van der Waals surface area (Å²) in [5, 5.41) is 4.05. The van der Waals surface area contributed by atoms with Gasteiger partial charge in [-0.05, 0) is 29.7 Å². The lowest BCUT2D eigenvalue weighted by molar-refractivity contribution is 0.0458. The molecule has 1 aliphatic heterocycles. The monoisotopic (exact) mass is 360 g/mol. The van der Waals surface area contributed by atoms with E-state index in [-0.39, 0.29) is 12.4 Å². The number of amides is 1. The number of nitrogens with two attached hydrogens (primary N) is 1. The lowest BCUT2D eigenvalue weighted by Gasteiger charge is -2.12. The van der Waals surface area contributed by atoms with Crippen LogP contribution >= 0.6 is 0 Å². The zero-order chi connectivity index (χ0) is 18.7. The molecule has 0 bridgehead atoms. The van der Waals surface area contributed by atoms with E-state index < -0.39 is 29.2 Å². The molecule has 2 aromatic carbocycles. The maximum atomic E-state index is 14.1. The largest absolute Gasteiger partial charge is 0.486 e. The quantitative estimate of drug-likeness (QED) is 0.860. The van der Waals surface area contributed by atoms with Crippen LogP contribution in [0.1, 0.15) is 34.8 Å². The van der Waals surface area contributed by atoms with Crippen molar-refractivity contribution in [2.75, 3.05) is 6.61 Å². The van der Waals surface area contributed by atoms with E-state index in [9.17, 15) is 13.6 Å². The van der Waals surface area contributed by atoms with Crippen LogP contribution in [0, 0.1) is 11.6 Å². The van der Waals surface area contributed by atoms with Gasteiger partial charge in [0.15, 0.2) is 17.7 Å². The van der Waals surface area contributed by atoms with Crippen LogP contribution in [-0.4, -0.2) is 24.3 Å². The van der Waals surface area contributed by atoms with E-state index in [2.05, 4.69) is 12.1 Å². The maximum Gasteiger partial charge on any atom is 0.254 e. The van der Waals surface area contributed by atoms with Gasteiger partial charge in [0.2, 0.25) is 0 Å². The Balaban J connectivity index is 1.62. The smallest absolute Gasteiger partial charge is 0.254 e. The Bertz CT molecular complexity index is 851. The summed E-state index contributed by atoms with van der Waals surface area (Å²) in [6.45, 7) is 2.08. The van der Waals surface area contributed by atoms with Gasteiger partial charge in [-0.15, -0.1) is 0 Å². The van der Waals surface area contributed by atoms with Crippen LogP contribution in [0.4, 0.5) is 8.78 Å². The van der Waals surface area contributed by atoms with Crippen molar-refractivity contribution in [2.45, 2.75) is 25.9 Å². The number of oxime groups is 1. The van der Waals surface area contributed by atoms with E-state index in [1.807, 2.05) is 24.3 Å². The molecule has 26 heavy (non-hydrogen) atoms. The van der Waals surface area contributed by atoms with Crippen molar-refractivity contribution in [1.82, 2.24) is 0 Å². The van der Waals surface area contributed by atoms with Gasteiger partial charge in [-0.3, -0.25) is 4.79 Å². The highest BCUT2D eigenvalue weighted by Crippen LogP contribution is 2.24. The SMILES string of the molecule is CCc1ccc(C2=NOC(COc3ccc(F)c(C(N)=O)c3F)C2)cc1. The molecule has 7 heteroatoms. The molecule has 1 atom stereocenters. The fourth-order valence-electron chi connectivity index (χ4n) is 2.67. The summed E-state index contributed by atoms with van der Waals surface area (Å²) in [6.07, 6.45) is 1.05. The first kappa shape index (κ1) is 17.8. The van der Waals surface area contributed by atoms with Crippen LogP contribution in [0.25, 0.3) is 0 Å². The molecule has 2 aromatic rings. The van der Waals surface area contributed by atoms with Crippen molar-refractivity contribution in [3.8, 4) is 5.75 Å². The van der Waals surface area contributed by atoms with Gasteiger partial charge in [0.1, 0.15) is 18.0 Å². The number of carbonyl (C=O) groups excluding carboxylic acids is 1. The minimum atomic E-state index is -1.19. The second-order valence-corrected chi connectivity index (χ2v) is 5.93. The van der Waals surface area contributed by atoms with E-state index in [0.29, 0.717) is 6.42 Å². The summed E-state index contributed by atoms with van der Waals surface area (Å²) in [5.41, 5.74) is 7.13. The molecule has 5 nitrogen and oxygen atoms in total. The molecule has 2 N–H and O–H groups in total.